The van der Waals surface area contributed by atoms with Crippen LogP contribution in [0.2, 0.25) is 0 Å². The van der Waals surface area contributed by atoms with Gasteiger partial charge < -0.3 is 4.42 Å². The molecule has 0 aliphatic heterocycles. The summed E-state index contributed by atoms with van der Waals surface area (Å²) in [5.41, 5.74) is 9.19. The summed E-state index contributed by atoms with van der Waals surface area (Å²) < 4.78 is 8.62. The molecular weight excluding hydrogens is 532 g/mol. The summed E-state index contributed by atoms with van der Waals surface area (Å²) >= 11 is 1.81. The van der Waals surface area contributed by atoms with Crippen LogP contribution in [0.15, 0.2) is 126 Å². The Labute approximate surface area is 245 Å². The van der Waals surface area contributed by atoms with E-state index in [2.05, 4.69) is 91.0 Å². The predicted molar refractivity (Wildman–Crippen MR) is 172 cm³/mol. The molecule has 4 heteroatoms. The maximum atomic E-state index is 9.77. The number of hydrogen-bond donors (Lipinski definition) is 0. The van der Waals surface area contributed by atoms with Crippen LogP contribution >= 0.6 is 11.3 Å². The molecule has 3 nitrogen and oxygen atoms in total. The van der Waals surface area contributed by atoms with Gasteiger partial charge in [-0.1, -0.05) is 66.7 Å². The molecule has 0 spiro atoms. The molecule has 8 aromatic rings. The van der Waals surface area contributed by atoms with Gasteiger partial charge in [-0.3, -0.25) is 0 Å². The highest BCUT2D eigenvalue weighted by molar-refractivity contribution is 7.25. The second kappa shape index (κ2) is 9.46. The van der Waals surface area contributed by atoms with E-state index >= 15 is 0 Å². The topological polar surface area (TPSA) is 60.7 Å². The van der Waals surface area contributed by atoms with Crippen molar-refractivity contribution in [2.24, 2.45) is 0 Å². The highest BCUT2D eigenvalue weighted by Crippen LogP contribution is 2.46. The molecule has 0 fully saturated rings. The number of furan rings is 1. The third-order valence-corrected chi connectivity index (χ3v) is 9.08. The van der Waals surface area contributed by atoms with Gasteiger partial charge in [0.2, 0.25) is 0 Å². The molecule has 0 N–H and O–H groups in total. The summed E-state index contributed by atoms with van der Waals surface area (Å²) in [5, 5.41) is 23.7. The molecule has 2 aromatic heterocycles. The van der Waals surface area contributed by atoms with Crippen molar-refractivity contribution in [2.45, 2.75) is 0 Å². The van der Waals surface area contributed by atoms with Crippen LogP contribution in [0.5, 0.6) is 0 Å². The molecule has 194 valence electrons. The maximum Gasteiger partial charge on any atom is 0.135 e. The van der Waals surface area contributed by atoms with Crippen molar-refractivity contribution in [3.8, 4) is 45.5 Å². The normalized spacial score (nSPS) is 11.3. The minimum Gasteiger partial charge on any atom is -0.456 e. The molecule has 0 aliphatic carbocycles. The molecule has 42 heavy (non-hydrogen) atoms. The van der Waals surface area contributed by atoms with Crippen molar-refractivity contribution < 1.29 is 4.42 Å². The van der Waals surface area contributed by atoms with Crippen LogP contribution in [0.4, 0.5) is 0 Å². The molecule has 0 amide bonds. The van der Waals surface area contributed by atoms with E-state index in [-0.39, 0.29) is 0 Å². The number of hydrogen-bond acceptors (Lipinski definition) is 4. The summed E-state index contributed by atoms with van der Waals surface area (Å²) in [6, 6.07) is 45.7. The van der Waals surface area contributed by atoms with E-state index in [9.17, 15) is 10.5 Å². The average molecular weight is 553 g/mol. The Bertz CT molecular complexity index is 2450. The third-order valence-electron chi connectivity index (χ3n) is 7.95. The lowest BCUT2D eigenvalue weighted by Crippen LogP contribution is -1.92. The fourth-order valence-electron chi connectivity index (χ4n) is 6.09. The van der Waals surface area contributed by atoms with Crippen molar-refractivity contribution in [2.75, 3.05) is 0 Å². The molecule has 8 rings (SSSR count). The van der Waals surface area contributed by atoms with Gasteiger partial charge in [0, 0.05) is 30.9 Å². The Morgan fingerprint density at radius 1 is 0.500 bits per heavy atom. The first-order chi connectivity index (χ1) is 20.7. The molecule has 0 radical (unpaired) electrons. The molecule has 0 saturated heterocycles. The molecule has 0 unspecified atom stereocenters. The lowest BCUT2D eigenvalue weighted by atomic mass is 9.85. The van der Waals surface area contributed by atoms with E-state index in [4.69, 9.17) is 4.42 Å². The van der Waals surface area contributed by atoms with Crippen molar-refractivity contribution in [3.05, 3.63) is 132 Å². The summed E-state index contributed by atoms with van der Waals surface area (Å²) in [4.78, 5) is 0. The Morgan fingerprint density at radius 2 is 1.19 bits per heavy atom. The van der Waals surface area contributed by atoms with Crippen molar-refractivity contribution in [1.82, 2.24) is 0 Å². The van der Waals surface area contributed by atoms with Crippen LogP contribution < -0.4 is 0 Å². The third kappa shape index (κ3) is 3.71. The SMILES string of the molecule is N#Cc1cccc(-c2c(-c3ccc4oc5ccc(C#N)cc5c4c3)cccc2-c2cccc3sc4ccccc4c23)c1. The molecule has 6 aromatic carbocycles. The standard InChI is InChI=1S/C38H20N2OS/c39-21-23-6-3-7-26(18-23)37-27(25-15-17-34-32(20-25)31-19-24(22-40)14-16-33(31)41-34)9-4-10-28(37)29-11-5-13-36-38(29)30-8-1-2-12-35(30)42-36/h1-20H. The van der Waals surface area contributed by atoms with Crippen LogP contribution in [-0.4, -0.2) is 0 Å². The van der Waals surface area contributed by atoms with Crippen molar-refractivity contribution in [1.29, 1.82) is 10.5 Å². The van der Waals surface area contributed by atoms with Gasteiger partial charge in [0.25, 0.3) is 0 Å². The average Bonchev–Trinajstić information content (AvgIpc) is 3.62. The number of thiophene rings is 1. The first-order valence-electron chi connectivity index (χ1n) is 13.6. The van der Waals surface area contributed by atoms with Crippen molar-refractivity contribution in [3.63, 3.8) is 0 Å². The zero-order valence-corrected chi connectivity index (χ0v) is 23.1. The Hall–Kier alpha value is -5.68. The van der Waals surface area contributed by atoms with Crippen LogP contribution in [0.25, 0.3) is 75.5 Å². The fraction of sp³-hybridized carbons (Fsp3) is 0. The maximum absolute atomic E-state index is 9.77. The van der Waals surface area contributed by atoms with Gasteiger partial charge in [-0.05, 0) is 88.0 Å². The number of nitriles is 2. The summed E-state index contributed by atoms with van der Waals surface area (Å²) in [6.07, 6.45) is 0. The van der Waals surface area contributed by atoms with Crippen LogP contribution in [0, 0.1) is 22.7 Å². The second-order valence-corrected chi connectivity index (χ2v) is 11.4. The molecule has 0 bridgehead atoms. The lowest BCUT2D eigenvalue weighted by Gasteiger charge is -2.17. The monoisotopic (exact) mass is 552 g/mol. The quantitative estimate of drug-likeness (QED) is 0.219. The first-order valence-corrected chi connectivity index (χ1v) is 14.4. The smallest absolute Gasteiger partial charge is 0.135 e. The zero-order valence-electron chi connectivity index (χ0n) is 22.3. The highest BCUT2D eigenvalue weighted by Gasteiger charge is 2.19. The molecular formula is C38H20N2OS. The lowest BCUT2D eigenvalue weighted by molar-refractivity contribution is 0.669. The zero-order chi connectivity index (χ0) is 28.2. The predicted octanol–water partition coefficient (Wildman–Crippen LogP) is 10.7. The second-order valence-electron chi connectivity index (χ2n) is 10.3. The van der Waals surface area contributed by atoms with E-state index in [1.165, 1.54) is 20.2 Å². The van der Waals surface area contributed by atoms with E-state index in [1.54, 1.807) is 6.07 Å². The molecule has 0 atom stereocenters. The van der Waals surface area contributed by atoms with Crippen molar-refractivity contribution >= 4 is 53.4 Å². The van der Waals surface area contributed by atoms with E-state index < -0.39 is 0 Å². The molecule has 0 saturated carbocycles. The number of fused-ring (bicyclic) bond motifs is 6. The Balaban J connectivity index is 1.45. The fourth-order valence-corrected chi connectivity index (χ4v) is 7.22. The van der Waals surface area contributed by atoms with Gasteiger partial charge in [-0.25, -0.2) is 0 Å². The highest BCUT2D eigenvalue weighted by atomic mass is 32.1. The number of nitrogens with zero attached hydrogens (tertiary/aromatic N) is 2. The summed E-state index contributed by atoms with van der Waals surface area (Å²) in [7, 11) is 0. The first kappa shape index (κ1) is 24.1. The minimum atomic E-state index is 0.600. The van der Waals surface area contributed by atoms with E-state index in [0.717, 1.165) is 55.3 Å². The largest absolute Gasteiger partial charge is 0.456 e. The van der Waals surface area contributed by atoms with Gasteiger partial charge in [0.1, 0.15) is 11.2 Å². The molecule has 2 heterocycles. The minimum absolute atomic E-state index is 0.600. The van der Waals surface area contributed by atoms with Gasteiger partial charge in [0.15, 0.2) is 0 Å². The Morgan fingerprint density at radius 3 is 2.07 bits per heavy atom. The van der Waals surface area contributed by atoms with Crippen LogP contribution in [-0.2, 0) is 0 Å². The number of benzene rings is 6. The number of rotatable bonds is 3. The summed E-state index contributed by atoms with van der Waals surface area (Å²) in [6.45, 7) is 0. The van der Waals surface area contributed by atoms with E-state index in [0.29, 0.717) is 11.1 Å². The molecule has 0 aliphatic rings. The van der Waals surface area contributed by atoms with Crippen LogP contribution in [0.1, 0.15) is 11.1 Å². The van der Waals surface area contributed by atoms with Gasteiger partial charge >= 0.3 is 0 Å². The summed E-state index contributed by atoms with van der Waals surface area (Å²) in [5.74, 6) is 0. The van der Waals surface area contributed by atoms with Gasteiger partial charge in [-0.2, -0.15) is 10.5 Å². The van der Waals surface area contributed by atoms with E-state index in [1.807, 2.05) is 47.7 Å². The van der Waals surface area contributed by atoms with Crippen LogP contribution in [0.3, 0.4) is 0 Å². The Kier molecular flexibility index (Phi) is 5.44. The van der Waals surface area contributed by atoms with Gasteiger partial charge in [0.05, 0.1) is 23.3 Å². The van der Waals surface area contributed by atoms with Gasteiger partial charge in [-0.15, -0.1) is 11.3 Å².